The van der Waals surface area contributed by atoms with E-state index in [1.165, 1.54) is 5.56 Å². The molecule has 0 aliphatic heterocycles. The molecule has 5 heteroatoms. The third-order valence-electron chi connectivity index (χ3n) is 3.03. The second-order valence-corrected chi connectivity index (χ2v) is 6.76. The summed E-state index contributed by atoms with van der Waals surface area (Å²) in [6.45, 7) is 5.88. The summed E-state index contributed by atoms with van der Waals surface area (Å²) in [5, 5.41) is 2.86. The second-order valence-electron chi connectivity index (χ2n) is 5.77. The summed E-state index contributed by atoms with van der Waals surface area (Å²) in [5.74, 6) is 0.977. The summed E-state index contributed by atoms with van der Waals surface area (Å²) in [6, 6.07) is 7.46. The van der Waals surface area contributed by atoms with Gasteiger partial charge in [-0.25, -0.2) is 0 Å². The Kier molecular flexibility index (Phi) is 8.25. The Labute approximate surface area is 132 Å². The molecule has 1 aromatic carbocycles. The van der Waals surface area contributed by atoms with Crippen molar-refractivity contribution >= 4 is 35.8 Å². The van der Waals surface area contributed by atoms with Crippen molar-refractivity contribution in [1.29, 1.82) is 0 Å². The maximum absolute atomic E-state index is 12.0. The fourth-order valence-electron chi connectivity index (χ4n) is 1.59. The van der Waals surface area contributed by atoms with Gasteiger partial charge in [-0.3, -0.25) is 4.79 Å². The van der Waals surface area contributed by atoms with Crippen LogP contribution in [0.25, 0.3) is 0 Å². The van der Waals surface area contributed by atoms with Gasteiger partial charge in [0.25, 0.3) is 0 Å². The Hall–Kier alpha value is -0.710. The zero-order chi connectivity index (χ0) is 14.5. The number of anilines is 1. The Balaban J connectivity index is 0.00000361. The highest BCUT2D eigenvalue weighted by molar-refractivity contribution is 7.98. The molecule has 0 radical (unpaired) electrons. The molecule has 0 fully saturated rings. The van der Waals surface area contributed by atoms with Crippen LogP contribution in [0.15, 0.2) is 24.3 Å². The lowest BCUT2D eigenvalue weighted by Gasteiger charge is -2.25. The van der Waals surface area contributed by atoms with E-state index in [-0.39, 0.29) is 23.7 Å². The van der Waals surface area contributed by atoms with E-state index in [0.29, 0.717) is 0 Å². The van der Waals surface area contributed by atoms with Gasteiger partial charge in [-0.15, -0.1) is 12.4 Å². The number of aryl methyl sites for hydroxylation is 1. The first kappa shape index (κ1) is 19.3. The number of rotatable bonds is 5. The average molecular weight is 317 g/mol. The van der Waals surface area contributed by atoms with Crippen LogP contribution in [0.5, 0.6) is 0 Å². The van der Waals surface area contributed by atoms with Crippen LogP contribution in [0.3, 0.4) is 0 Å². The molecule has 3 nitrogen and oxygen atoms in total. The van der Waals surface area contributed by atoms with Crippen LogP contribution in [-0.2, 0) is 11.2 Å². The fourth-order valence-corrected chi connectivity index (χ4v) is 2.03. The lowest BCUT2D eigenvalue weighted by Crippen LogP contribution is -2.45. The minimum absolute atomic E-state index is 0. The van der Waals surface area contributed by atoms with Gasteiger partial charge in [0.2, 0.25) is 5.91 Å². The van der Waals surface area contributed by atoms with E-state index in [9.17, 15) is 4.79 Å². The summed E-state index contributed by atoms with van der Waals surface area (Å²) in [5.41, 5.74) is 7.78. The molecule has 0 aromatic heterocycles. The van der Waals surface area contributed by atoms with E-state index in [0.717, 1.165) is 17.9 Å². The van der Waals surface area contributed by atoms with Crippen molar-refractivity contribution in [2.24, 2.45) is 11.1 Å². The van der Waals surface area contributed by atoms with Gasteiger partial charge in [0.15, 0.2) is 0 Å². The lowest BCUT2D eigenvalue weighted by atomic mass is 9.87. The zero-order valence-corrected chi connectivity index (χ0v) is 14.2. The van der Waals surface area contributed by atoms with Crippen LogP contribution in [0.4, 0.5) is 5.69 Å². The van der Waals surface area contributed by atoms with Gasteiger partial charge >= 0.3 is 0 Å². The fraction of sp³-hybridized carbons (Fsp3) is 0.533. The summed E-state index contributed by atoms with van der Waals surface area (Å²) in [7, 11) is 0. The van der Waals surface area contributed by atoms with Crippen LogP contribution in [0.1, 0.15) is 26.3 Å². The number of carbonyl (C=O) groups excluding carboxylic acids is 1. The number of carbonyl (C=O) groups is 1. The number of hydrogen-bond acceptors (Lipinski definition) is 3. The van der Waals surface area contributed by atoms with Crippen molar-refractivity contribution in [2.75, 3.05) is 17.3 Å². The minimum Gasteiger partial charge on any atom is -0.325 e. The number of nitrogens with one attached hydrogen (secondary N) is 1. The SMILES string of the molecule is CSCCc1ccc(NC(=O)[C@@H](N)C(C)(C)C)cc1.Cl. The number of amides is 1. The predicted molar refractivity (Wildman–Crippen MR) is 91.8 cm³/mol. The third kappa shape index (κ3) is 6.16. The van der Waals surface area contributed by atoms with E-state index < -0.39 is 6.04 Å². The largest absolute Gasteiger partial charge is 0.325 e. The number of thioether (sulfide) groups is 1. The molecule has 0 heterocycles. The first-order valence-corrected chi connectivity index (χ1v) is 7.88. The zero-order valence-electron chi connectivity index (χ0n) is 12.6. The molecule has 20 heavy (non-hydrogen) atoms. The quantitative estimate of drug-likeness (QED) is 0.876. The topological polar surface area (TPSA) is 55.1 Å². The van der Waals surface area contributed by atoms with Gasteiger partial charge in [-0.05, 0) is 41.5 Å². The van der Waals surface area contributed by atoms with Crippen molar-refractivity contribution in [3.63, 3.8) is 0 Å². The van der Waals surface area contributed by atoms with Crippen LogP contribution in [0, 0.1) is 5.41 Å². The minimum atomic E-state index is -0.510. The molecule has 1 rings (SSSR count). The van der Waals surface area contributed by atoms with Gasteiger partial charge in [-0.2, -0.15) is 11.8 Å². The van der Waals surface area contributed by atoms with Gasteiger partial charge in [0.1, 0.15) is 0 Å². The summed E-state index contributed by atoms with van der Waals surface area (Å²) in [4.78, 5) is 12.0. The lowest BCUT2D eigenvalue weighted by molar-refractivity contribution is -0.119. The summed E-state index contributed by atoms with van der Waals surface area (Å²) < 4.78 is 0. The molecule has 114 valence electrons. The molecule has 1 aromatic rings. The van der Waals surface area contributed by atoms with E-state index >= 15 is 0 Å². The Morgan fingerprint density at radius 2 is 1.85 bits per heavy atom. The van der Waals surface area contributed by atoms with Gasteiger partial charge in [0, 0.05) is 5.69 Å². The second kappa shape index (κ2) is 8.55. The standard InChI is InChI=1S/C15H24N2OS.ClH/c1-15(2,3)13(16)14(18)17-12-7-5-11(6-8-12)9-10-19-4;/h5-8,13H,9-10,16H2,1-4H3,(H,17,18);1H/t13-;/m1./s1. The monoisotopic (exact) mass is 316 g/mol. The van der Waals surface area contributed by atoms with Crippen LogP contribution in [-0.4, -0.2) is 24.0 Å². The molecular formula is C15H25ClN2OS. The Bertz CT molecular complexity index is 415. The highest BCUT2D eigenvalue weighted by atomic mass is 35.5. The highest BCUT2D eigenvalue weighted by Gasteiger charge is 2.27. The molecule has 1 atom stereocenters. The molecule has 0 unspecified atom stereocenters. The molecule has 3 N–H and O–H groups in total. The molecule has 0 bridgehead atoms. The summed E-state index contributed by atoms with van der Waals surface area (Å²) in [6.07, 6.45) is 3.15. The van der Waals surface area contributed by atoms with E-state index in [4.69, 9.17) is 5.73 Å². The van der Waals surface area contributed by atoms with Crippen molar-refractivity contribution in [3.8, 4) is 0 Å². The smallest absolute Gasteiger partial charge is 0.241 e. The van der Waals surface area contributed by atoms with Crippen molar-refractivity contribution < 1.29 is 4.79 Å². The molecule has 0 saturated heterocycles. The third-order valence-corrected chi connectivity index (χ3v) is 3.64. The maximum Gasteiger partial charge on any atom is 0.241 e. The van der Waals surface area contributed by atoms with Crippen LogP contribution < -0.4 is 11.1 Å². The Morgan fingerprint density at radius 3 is 2.30 bits per heavy atom. The van der Waals surface area contributed by atoms with E-state index in [2.05, 4.69) is 23.7 Å². The van der Waals surface area contributed by atoms with E-state index in [1.54, 1.807) is 0 Å². The molecule has 1 amide bonds. The van der Waals surface area contributed by atoms with Gasteiger partial charge < -0.3 is 11.1 Å². The number of hydrogen-bond donors (Lipinski definition) is 2. The molecule has 0 aliphatic carbocycles. The number of halogens is 1. The molecular weight excluding hydrogens is 292 g/mol. The molecule has 0 aliphatic rings. The van der Waals surface area contributed by atoms with Gasteiger partial charge in [0.05, 0.1) is 6.04 Å². The molecule has 0 saturated carbocycles. The predicted octanol–water partition coefficient (Wildman–Crippen LogP) is 3.33. The maximum atomic E-state index is 12.0. The first-order chi connectivity index (χ1) is 8.84. The average Bonchev–Trinajstić information content (AvgIpc) is 2.36. The first-order valence-electron chi connectivity index (χ1n) is 6.49. The van der Waals surface area contributed by atoms with Crippen molar-refractivity contribution in [3.05, 3.63) is 29.8 Å². The normalized spacial score (nSPS) is 12.4. The van der Waals surface area contributed by atoms with Crippen LogP contribution in [0.2, 0.25) is 0 Å². The van der Waals surface area contributed by atoms with Crippen molar-refractivity contribution in [2.45, 2.75) is 33.2 Å². The van der Waals surface area contributed by atoms with Gasteiger partial charge in [-0.1, -0.05) is 32.9 Å². The van der Waals surface area contributed by atoms with Crippen molar-refractivity contribution in [1.82, 2.24) is 0 Å². The molecule has 0 spiro atoms. The number of benzene rings is 1. The summed E-state index contributed by atoms with van der Waals surface area (Å²) >= 11 is 1.83. The Morgan fingerprint density at radius 1 is 1.30 bits per heavy atom. The van der Waals surface area contributed by atoms with Crippen LogP contribution >= 0.6 is 24.2 Å². The number of nitrogens with two attached hydrogens (primary N) is 1. The highest BCUT2D eigenvalue weighted by Crippen LogP contribution is 2.19. The van der Waals surface area contributed by atoms with E-state index in [1.807, 2.05) is 44.7 Å².